The van der Waals surface area contributed by atoms with Gasteiger partial charge in [0.25, 0.3) is 0 Å². The van der Waals surface area contributed by atoms with Crippen LogP contribution in [0.15, 0.2) is 54.6 Å². The van der Waals surface area contributed by atoms with E-state index in [1.165, 1.54) is 12.1 Å². The number of amides is 2. The summed E-state index contributed by atoms with van der Waals surface area (Å²) in [5.74, 6) is 1.57. The highest BCUT2D eigenvalue weighted by Crippen LogP contribution is 2.24. The van der Waals surface area contributed by atoms with Gasteiger partial charge in [0.05, 0.1) is 12.8 Å². The zero-order valence-corrected chi connectivity index (χ0v) is 17.5. The predicted molar refractivity (Wildman–Crippen MR) is 118 cm³/mol. The number of carbonyl (C=O) groups is 1. The first-order valence-electron chi connectivity index (χ1n) is 10.1. The number of urea groups is 1. The fourth-order valence-electron chi connectivity index (χ4n) is 3.55. The van der Waals surface area contributed by atoms with Crippen LogP contribution in [0.2, 0.25) is 0 Å². The molecular weight excluding hydrogens is 397 g/mol. The average Bonchev–Trinajstić information content (AvgIpc) is 2.79. The SMILES string of the molecule is COc1ccccc1NC(=O)N1CCN(c2cc(C)nc(-c3cccc(F)c3)n2)CC1. The number of hydrogen-bond donors (Lipinski definition) is 1. The van der Waals surface area contributed by atoms with Gasteiger partial charge in [-0.25, -0.2) is 19.2 Å². The zero-order valence-electron chi connectivity index (χ0n) is 17.5. The molecule has 0 aliphatic carbocycles. The van der Waals surface area contributed by atoms with Crippen LogP contribution in [-0.2, 0) is 0 Å². The molecule has 160 valence electrons. The van der Waals surface area contributed by atoms with E-state index in [-0.39, 0.29) is 11.8 Å². The number of hydrogen-bond acceptors (Lipinski definition) is 5. The van der Waals surface area contributed by atoms with E-state index in [4.69, 9.17) is 4.74 Å². The van der Waals surface area contributed by atoms with E-state index in [1.807, 2.05) is 31.2 Å². The number of benzene rings is 2. The van der Waals surface area contributed by atoms with Crippen molar-refractivity contribution in [3.8, 4) is 17.1 Å². The van der Waals surface area contributed by atoms with E-state index in [9.17, 15) is 9.18 Å². The number of aromatic nitrogens is 2. The molecule has 1 N–H and O–H groups in total. The maximum Gasteiger partial charge on any atom is 0.322 e. The second-order valence-corrected chi connectivity index (χ2v) is 7.31. The minimum Gasteiger partial charge on any atom is -0.495 e. The number of halogens is 1. The Morgan fingerprint density at radius 3 is 2.55 bits per heavy atom. The summed E-state index contributed by atoms with van der Waals surface area (Å²) < 4.78 is 18.9. The Labute approximate surface area is 180 Å². The molecule has 1 aromatic heterocycles. The number of rotatable bonds is 4. The van der Waals surface area contributed by atoms with Gasteiger partial charge >= 0.3 is 6.03 Å². The number of methoxy groups -OCH3 is 1. The van der Waals surface area contributed by atoms with Crippen molar-refractivity contribution in [3.05, 3.63) is 66.1 Å². The van der Waals surface area contributed by atoms with Crippen molar-refractivity contribution in [1.82, 2.24) is 14.9 Å². The monoisotopic (exact) mass is 421 g/mol. The van der Waals surface area contributed by atoms with Gasteiger partial charge in [-0.3, -0.25) is 0 Å². The molecule has 1 saturated heterocycles. The predicted octanol–water partition coefficient (Wildman–Crippen LogP) is 3.95. The van der Waals surface area contributed by atoms with Crippen LogP contribution in [0.1, 0.15) is 5.69 Å². The Morgan fingerprint density at radius 1 is 1.03 bits per heavy atom. The average molecular weight is 421 g/mol. The number of piperazine rings is 1. The Kier molecular flexibility index (Phi) is 5.97. The normalized spacial score (nSPS) is 13.8. The first-order valence-corrected chi connectivity index (χ1v) is 10.1. The lowest BCUT2D eigenvalue weighted by Gasteiger charge is -2.35. The van der Waals surface area contributed by atoms with E-state index in [0.29, 0.717) is 49.0 Å². The maximum atomic E-state index is 13.6. The van der Waals surface area contributed by atoms with Crippen LogP contribution in [0.5, 0.6) is 5.75 Å². The molecule has 0 saturated carbocycles. The fourth-order valence-corrected chi connectivity index (χ4v) is 3.55. The molecule has 0 bridgehead atoms. The van der Waals surface area contributed by atoms with Gasteiger partial charge in [0.2, 0.25) is 0 Å². The summed E-state index contributed by atoms with van der Waals surface area (Å²) in [6, 6.07) is 15.3. The molecule has 0 spiro atoms. The van der Waals surface area contributed by atoms with Crippen molar-refractivity contribution in [2.75, 3.05) is 43.5 Å². The highest BCUT2D eigenvalue weighted by Gasteiger charge is 2.23. The number of aryl methyl sites for hydroxylation is 1. The number of nitrogens with one attached hydrogen (secondary N) is 1. The Balaban J connectivity index is 1.43. The molecule has 2 aromatic carbocycles. The van der Waals surface area contributed by atoms with Gasteiger partial charge in [-0.2, -0.15) is 0 Å². The molecule has 3 aromatic rings. The minimum atomic E-state index is -0.321. The molecule has 0 radical (unpaired) electrons. The lowest BCUT2D eigenvalue weighted by atomic mass is 10.2. The zero-order chi connectivity index (χ0) is 21.8. The fraction of sp³-hybridized carbons (Fsp3) is 0.261. The highest BCUT2D eigenvalue weighted by molar-refractivity contribution is 5.91. The van der Waals surface area contributed by atoms with Crippen LogP contribution in [0.25, 0.3) is 11.4 Å². The minimum absolute atomic E-state index is 0.163. The number of ether oxygens (including phenoxy) is 1. The molecule has 4 rings (SSSR count). The molecule has 31 heavy (non-hydrogen) atoms. The summed E-state index contributed by atoms with van der Waals surface area (Å²) in [5.41, 5.74) is 2.09. The van der Waals surface area contributed by atoms with E-state index >= 15 is 0 Å². The summed E-state index contributed by atoms with van der Waals surface area (Å²) in [5, 5.41) is 2.91. The summed E-state index contributed by atoms with van der Waals surface area (Å²) in [6.45, 7) is 4.28. The van der Waals surface area contributed by atoms with Crippen molar-refractivity contribution < 1.29 is 13.9 Å². The quantitative estimate of drug-likeness (QED) is 0.691. The van der Waals surface area contributed by atoms with E-state index in [1.54, 1.807) is 30.2 Å². The molecule has 0 unspecified atom stereocenters. The van der Waals surface area contributed by atoms with E-state index < -0.39 is 0 Å². The van der Waals surface area contributed by atoms with Crippen molar-refractivity contribution in [1.29, 1.82) is 0 Å². The number of anilines is 2. The van der Waals surface area contributed by atoms with Gasteiger partial charge < -0.3 is 19.9 Å². The van der Waals surface area contributed by atoms with Crippen LogP contribution >= 0.6 is 0 Å². The topological polar surface area (TPSA) is 70.6 Å². The van der Waals surface area contributed by atoms with Crippen molar-refractivity contribution in [2.45, 2.75) is 6.92 Å². The number of nitrogens with zero attached hydrogens (tertiary/aromatic N) is 4. The van der Waals surface area contributed by atoms with Crippen molar-refractivity contribution in [3.63, 3.8) is 0 Å². The maximum absolute atomic E-state index is 13.6. The number of carbonyl (C=O) groups excluding carboxylic acids is 1. The van der Waals surface area contributed by atoms with Gasteiger partial charge in [0.15, 0.2) is 5.82 Å². The molecule has 1 aliphatic heterocycles. The largest absolute Gasteiger partial charge is 0.495 e. The van der Waals surface area contributed by atoms with E-state index in [2.05, 4.69) is 20.2 Å². The third-order valence-electron chi connectivity index (χ3n) is 5.16. The van der Waals surface area contributed by atoms with Crippen LogP contribution in [-0.4, -0.2) is 54.2 Å². The van der Waals surface area contributed by atoms with Crippen LogP contribution in [0, 0.1) is 12.7 Å². The van der Waals surface area contributed by atoms with E-state index in [0.717, 1.165) is 11.5 Å². The third kappa shape index (κ3) is 4.74. The van der Waals surface area contributed by atoms with Gasteiger partial charge in [-0.05, 0) is 31.2 Å². The Morgan fingerprint density at radius 2 is 1.81 bits per heavy atom. The van der Waals surface area contributed by atoms with Crippen LogP contribution in [0.3, 0.4) is 0 Å². The molecule has 7 nitrogen and oxygen atoms in total. The molecule has 1 fully saturated rings. The van der Waals surface area contributed by atoms with Crippen molar-refractivity contribution in [2.24, 2.45) is 0 Å². The van der Waals surface area contributed by atoms with Gasteiger partial charge in [-0.15, -0.1) is 0 Å². The lowest BCUT2D eigenvalue weighted by Crippen LogP contribution is -2.50. The number of para-hydroxylation sites is 2. The molecule has 1 aliphatic rings. The first-order chi connectivity index (χ1) is 15.0. The van der Waals surface area contributed by atoms with Crippen molar-refractivity contribution >= 4 is 17.5 Å². The molecule has 0 atom stereocenters. The summed E-state index contributed by atoms with van der Waals surface area (Å²) >= 11 is 0. The molecule has 8 heteroatoms. The smallest absolute Gasteiger partial charge is 0.322 e. The van der Waals surface area contributed by atoms with Gasteiger partial charge in [-0.1, -0.05) is 24.3 Å². The third-order valence-corrected chi connectivity index (χ3v) is 5.16. The standard InChI is InChI=1S/C23H24FN5O2/c1-16-14-21(27-22(25-16)17-6-5-7-18(24)15-17)28-10-12-29(13-11-28)23(30)26-19-8-3-4-9-20(19)31-2/h3-9,14-15H,10-13H2,1-2H3,(H,26,30). The summed E-state index contributed by atoms with van der Waals surface area (Å²) in [7, 11) is 1.57. The summed E-state index contributed by atoms with van der Waals surface area (Å²) in [6.07, 6.45) is 0. The molecule has 2 heterocycles. The van der Waals surface area contributed by atoms with Crippen LogP contribution < -0.4 is 15.0 Å². The Hall–Kier alpha value is -3.68. The second-order valence-electron chi connectivity index (χ2n) is 7.31. The summed E-state index contributed by atoms with van der Waals surface area (Å²) in [4.78, 5) is 25.7. The van der Waals surface area contributed by atoms with Gasteiger partial charge in [0.1, 0.15) is 17.4 Å². The van der Waals surface area contributed by atoms with Crippen LogP contribution in [0.4, 0.5) is 20.7 Å². The lowest BCUT2D eigenvalue weighted by molar-refractivity contribution is 0.208. The molecular formula is C23H24FN5O2. The van der Waals surface area contributed by atoms with Gasteiger partial charge in [0, 0.05) is 43.5 Å². The molecule has 2 amide bonds. The first kappa shape index (κ1) is 20.6. The Bertz CT molecular complexity index is 1080. The second kappa shape index (κ2) is 8.99. The highest BCUT2D eigenvalue weighted by atomic mass is 19.1.